The van der Waals surface area contributed by atoms with Crippen LogP contribution in [0.3, 0.4) is 0 Å². The molecule has 0 aromatic carbocycles. The summed E-state index contributed by atoms with van der Waals surface area (Å²) in [5, 5.41) is 0. The van der Waals surface area contributed by atoms with E-state index in [0.717, 1.165) is 32.4 Å². The molecule has 0 radical (unpaired) electrons. The van der Waals surface area contributed by atoms with Crippen LogP contribution in [0.1, 0.15) is 46.5 Å². The van der Waals surface area contributed by atoms with Crippen LogP contribution in [0.2, 0.25) is 0 Å². The molecule has 2 fully saturated rings. The molecule has 0 aromatic heterocycles. The quantitative estimate of drug-likeness (QED) is 0.778. The van der Waals surface area contributed by atoms with Gasteiger partial charge in [-0.15, -0.1) is 0 Å². The van der Waals surface area contributed by atoms with E-state index in [1.54, 1.807) is 0 Å². The van der Waals surface area contributed by atoms with Crippen LogP contribution < -0.4 is 5.73 Å². The van der Waals surface area contributed by atoms with Gasteiger partial charge in [0.05, 0.1) is 0 Å². The van der Waals surface area contributed by atoms with E-state index in [4.69, 9.17) is 5.73 Å². The summed E-state index contributed by atoms with van der Waals surface area (Å²) in [7, 11) is 0. The van der Waals surface area contributed by atoms with Crippen molar-refractivity contribution in [3.63, 3.8) is 0 Å². The summed E-state index contributed by atoms with van der Waals surface area (Å²) < 4.78 is 0. The van der Waals surface area contributed by atoms with Gasteiger partial charge in [-0.1, -0.05) is 20.8 Å². The van der Waals surface area contributed by atoms with Gasteiger partial charge in [-0.2, -0.15) is 0 Å². The van der Waals surface area contributed by atoms with Gasteiger partial charge < -0.3 is 10.6 Å². The summed E-state index contributed by atoms with van der Waals surface area (Å²) in [6.45, 7) is 8.61. The topological polar surface area (TPSA) is 46.3 Å². The van der Waals surface area contributed by atoms with Gasteiger partial charge in [0, 0.05) is 25.0 Å². The van der Waals surface area contributed by atoms with Crippen molar-refractivity contribution in [2.24, 2.45) is 29.4 Å². The molecule has 3 heteroatoms. The molecule has 1 saturated heterocycles. The SMILES string of the molecule is CC1CC(C)CN(C(=O)C2CCC(C)C(N)C2)C1. The molecular weight excluding hydrogens is 224 g/mol. The number of hydrogen-bond acceptors (Lipinski definition) is 2. The number of rotatable bonds is 1. The Balaban J connectivity index is 1.94. The molecule has 2 N–H and O–H groups in total. The summed E-state index contributed by atoms with van der Waals surface area (Å²) in [6, 6.07) is 0.215. The number of nitrogens with zero attached hydrogens (tertiary/aromatic N) is 1. The Morgan fingerprint density at radius 1 is 1.06 bits per heavy atom. The number of piperidine rings is 1. The van der Waals surface area contributed by atoms with E-state index in [1.165, 1.54) is 6.42 Å². The third kappa shape index (κ3) is 3.05. The van der Waals surface area contributed by atoms with Gasteiger partial charge in [-0.05, 0) is 43.4 Å². The van der Waals surface area contributed by atoms with Crippen LogP contribution in [0.15, 0.2) is 0 Å². The predicted octanol–water partition coefficient (Wildman–Crippen LogP) is 2.25. The molecule has 3 nitrogen and oxygen atoms in total. The molecule has 1 saturated carbocycles. The summed E-state index contributed by atoms with van der Waals surface area (Å²) in [5.74, 6) is 2.43. The Bertz CT molecular complexity index is 295. The number of likely N-dealkylation sites (tertiary alicyclic amines) is 1. The van der Waals surface area contributed by atoms with E-state index in [1.807, 2.05) is 0 Å². The number of nitrogens with two attached hydrogens (primary N) is 1. The molecule has 5 unspecified atom stereocenters. The maximum absolute atomic E-state index is 12.6. The molecule has 0 spiro atoms. The van der Waals surface area contributed by atoms with E-state index in [0.29, 0.717) is 23.7 Å². The van der Waals surface area contributed by atoms with Crippen LogP contribution in [0.5, 0.6) is 0 Å². The third-order valence-electron chi connectivity index (χ3n) is 4.79. The molecule has 5 atom stereocenters. The van der Waals surface area contributed by atoms with E-state index in [9.17, 15) is 4.79 Å². The highest BCUT2D eigenvalue weighted by Crippen LogP contribution is 2.31. The third-order valence-corrected chi connectivity index (χ3v) is 4.79. The van der Waals surface area contributed by atoms with Crippen molar-refractivity contribution in [1.29, 1.82) is 0 Å². The highest BCUT2D eigenvalue weighted by atomic mass is 16.2. The minimum absolute atomic E-state index is 0.189. The Labute approximate surface area is 111 Å². The van der Waals surface area contributed by atoms with Crippen molar-refractivity contribution in [2.45, 2.75) is 52.5 Å². The minimum Gasteiger partial charge on any atom is -0.342 e. The van der Waals surface area contributed by atoms with E-state index >= 15 is 0 Å². The number of carbonyl (C=O) groups excluding carboxylic acids is 1. The molecule has 0 aromatic rings. The van der Waals surface area contributed by atoms with Crippen LogP contribution in [0, 0.1) is 23.7 Å². The van der Waals surface area contributed by atoms with Crippen molar-refractivity contribution in [3.8, 4) is 0 Å². The smallest absolute Gasteiger partial charge is 0.225 e. The lowest BCUT2D eigenvalue weighted by molar-refractivity contribution is -0.139. The number of carbonyl (C=O) groups is 1. The zero-order valence-corrected chi connectivity index (χ0v) is 12.1. The molecule has 1 heterocycles. The average Bonchev–Trinajstić information content (AvgIpc) is 2.30. The van der Waals surface area contributed by atoms with Crippen molar-refractivity contribution < 1.29 is 4.79 Å². The maximum Gasteiger partial charge on any atom is 0.225 e. The molecule has 1 aliphatic carbocycles. The van der Waals surface area contributed by atoms with Crippen molar-refractivity contribution in [3.05, 3.63) is 0 Å². The zero-order valence-electron chi connectivity index (χ0n) is 12.1. The fraction of sp³-hybridized carbons (Fsp3) is 0.933. The first kappa shape index (κ1) is 13.9. The van der Waals surface area contributed by atoms with Crippen LogP contribution in [0.25, 0.3) is 0 Å². The van der Waals surface area contributed by atoms with Crippen LogP contribution in [-0.2, 0) is 4.79 Å². The van der Waals surface area contributed by atoms with E-state index < -0.39 is 0 Å². The fourth-order valence-corrected chi connectivity index (χ4v) is 3.68. The van der Waals surface area contributed by atoms with Crippen LogP contribution >= 0.6 is 0 Å². The Morgan fingerprint density at radius 2 is 1.67 bits per heavy atom. The Morgan fingerprint density at radius 3 is 2.22 bits per heavy atom. The van der Waals surface area contributed by atoms with Gasteiger partial charge in [0.1, 0.15) is 0 Å². The van der Waals surface area contributed by atoms with Crippen LogP contribution in [-0.4, -0.2) is 29.9 Å². The standard InChI is InChI=1S/C15H28N2O/c1-10-6-11(2)9-17(8-10)15(18)13-5-4-12(3)14(16)7-13/h10-14H,4-9,16H2,1-3H3. The highest BCUT2D eigenvalue weighted by molar-refractivity contribution is 5.79. The minimum atomic E-state index is 0.189. The monoisotopic (exact) mass is 252 g/mol. The number of hydrogen-bond donors (Lipinski definition) is 1. The molecule has 18 heavy (non-hydrogen) atoms. The first-order valence-corrected chi connectivity index (χ1v) is 7.51. The van der Waals surface area contributed by atoms with Gasteiger partial charge in [0.15, 0.2) is 0 Å². The molecule has 1 amide bonds. The summed E-state index contributed by atoms with van der Waals surface area (Å²) in [5.41, 5.74) is 6.12. The molecule has 2 rings (SSSR count). The van der Waals surface area contributed by atoms with Gasteiger partial charge >= 0.3 is 0 Å². The maximum atomic E-state index is 12.6. The van der Waals surface area contributed by atoms with Gasteiger partial charge in [0.25, 0.3) is 0 Å². The molecule has 1 aliphatic heterocycles. The van der Waals surface area contributed by atoms with Crippen LogP contribution in [0.4, 0.5) is 0 Å². The summed E-state index contributed by atoms with van der Waals surface area (Å²) in [4.78, 5) is 14.7. The molecular formula is C15H28N2O. The lowest BCUT2D eigenvalue weighted by atomic mass is 9.78. The first-order chi connectivity index (χ1) is 8.47. The predicted molar refractivity (Wildman–Crippen MR) is 74.0 cm³/mol. The second-order valence-corrected chi connectivity index (χ2v) is 6.84. The second kappa shape index (κ2) is 5.60. The van der Waals surface area contributed by atoms with Crippen molar-refractivity contribution >= 4 is 5.91 Å². The zero-order chi connectivity index (χ0) is 13.3. The molecule has 104 valence electrons. The molecule has 0 bridgehead atoms. The van der Waals surface area contributed by atoms with Gasteiger partial charge in [-0.3, -0.25) is 4.79 Å². The van der Waals surface area contributed by atoms with E-state index in [-0.39, 0.29) is 12.0 Å². The van der Waals surface area contributed by atoms with E-state index in [2.05, 4.69) is 25.7 Å². The average molecular weight is 252 g/mol. The summed E-state index contributed by atoms with van der Waals surface area (Å²) >= 11 is 0. The van der Waals surface area contributed by atoms with Gasteiger partial charge in [0.2, 0.25) is 5.91 Å². The Kier molecular flexibility index (Phi) is 4.31. The van der Waals surface area contributed by atoms with Gasteiger partial charge in [-0.25, -0.2) is 0 Å². The first-order valence-electron chi connectivity index (χ1n) is 7.51. The fourth-order valence-electron chi connectivity index (χ4n) is 3.68. The van der Waals surface area contributed by atoms with Crippen molar-refractivity contribution in [1.82, 2.24) is 4.90 Å². The largest absolute Gasteiger partial charge is 0.342 e. The lowest BCUT2D eigenvalue weighted by Crippen LogP contribution is -2.48. The molecule has 2 aliphatic rings. The highest BCUT2D eigenvalue weighted by Gasteiger charge is 2.34. The number of amides is 1. The Hall–Kier alpha value is -0.570. The lowest BCUT2D eigenvalue weighted by Gasteiger charge is -2.39. The van der Waals surface area contributed by atoms with Crippen molar-refractivity contribution in [2.75, 3.05) is 13.1 Å². The summed E-state index contributed by atoms with van der Waals surface area (Å²) in [6.07, 6.45) is 4.29. The normalized spacial score (nSPS) is 41.8. The second-order valence-electron chi connectivity index (χ2n) is 6.84.